The Hall–Kier alpha value is -2.71. The smallest absolute Gasteiger partial charge is 0.194 e. The molecule has 0 spiro atoms. The quantitative estimate of drug-likeness (QED) is 0.629. The molecule has 0 radical (unpaired) electrons. The molecular formula is C20H27F2N7. The summed E-state index contributed by atoms with van der Waals surface area (Å²) in [6, 6.07) is 3.58. The molecule has 0 saturated carbocycles. The van der Waals surface area contributed by atoms with Crippen molar-refractivity contribution < 1.29 is 8.78 Å². The normalized spacial score (nSPS) is 17.8. The Balaban J connectivity index is 1.35. The molecule has 3 heterocycles. The van der Waals surface area contributed by atoms with Gasteiger partial charge >= 0.3 is 0 Å². The summed E-state index contributed by atoms with van der Waals surface area (Å²) in [4.78, 5) is 8.40. The number of aryl methyl sites for hydroxylation is 1. The van der Waals surface area contributed by atoms with Gasteiger partial charge in [0.05, 0.1) is 12.2 Å². The first-order valence-electron chi connectivity index (χ1n) is 10.2. The highest BCUT2D eigenvalue weighted by Gasteiger charge is 2.23. The molecule has 4 rings (SSSR count). The number of benzene rings is 1. The molecule has 1 aromatic carbocycles. The Labute approximate surface area is 169 Å². The third kappa shape index (κ3) is 4.33. The van der Waals surface area contributed by atoms with Gasteiger partial charge in [0.1, 0.15) is 17.5 Å². The minimum absolute atomic E-state index is 0.318. The maximum absolute atomic E-state index is 14.0. The maximum Gasteiger partial charge on any atom is 0.194 e. The van der Waals surface area contributed by atoms with Crippen molar-refractivity contribution in [3.05, 3.63) is 41.5 Å². The zero-order valence-electron chi connectivity index (χ0n) is 16.7. The lowest BCUT2D eigenvalue weighted by atomic mass is 10.2. The van der Waals surface area contributed by atoms with Crippen molar-refractivity contribution >= 4 is 11.6 Å². The van der Waals surface area contributed by atoms with E-state index in [4.69, 9.17) is 0 Å². The van der Waals surface area contributed by atoms with Gasteiger partial charge in [-0.1, -0.05) is 6.42 Å². The fourth-order valence-electron chi connectivity index (χ4n) is 4.05. The number of fused-ring (bicyclic) bond motifs is 1. The molecule has 1 fully saturated rings. The number of nitrogens with zero attached hydrogens (tertiary/aromatic N) is 6. The van der Waals surface area contributed by atoms with Crippen LogP contribution in [0, 0.1) is 11.6 Å². The average molecular weight is 403 g/mol. The van der Waals surface area contributed by atoms with E-state index < -0.39 is 11.6 Å². The second-order valence-corrected chi connectivity index (χ2v) is 7.47. The first-order valence-corrected chi connectivity index (χ1v) is 10.2. The van der Waals surface area contributed by atoms with Gasteiger partial charge in [0.2, 0.25) is 0 Å². The third-order valence-corrected chi connectivity index (χ3v) is 5.63. The summed E-state index contributed by atoms with van der Waals surface area (Å²) >= 11 is 0. The number of piperazine rings is 1. The first-order chi connectivity index (χ1) is 14.2. The second kappa shape index (κ2) is 8.75. The van der Waals surface area contributed by atoms with Gasteiger partial charge in [-0.15, -0.1) is 10.2 Å². The molecule has 0 unspecified atom stereocenters. The molecule has 9 heteroatoms. The Morgan fingerprint density at radius 3 is 2.69 bits per heavy atom. The minimum atomic E-state index is -0.422. The number of hydrogen-bond donors (Lipinski definition) is 1. The van der Waals surface area contributed by atoms with E-state index in [1.165, 1.54) is 25.0 Å². The highest BCUT2D eigenvalue weighted by molar-refractivity contribution is 5.80. The number of hydrogen-bond acceptors (Lipinski definition) is 4. The lowest BCUT2D eigenvalue weighted by molar-refractivity contribution is 0.369. The van der Waals surface area contributed by atoms with Crippen molar-refractivity contribution in [1.29, 1.82) is 0 Å². The molecule has 2 aromatic rings. The zero-order valence-corrected chi connectivity index (χ0v) is 16.7. The summed E-state index contributed by atoms with van der Waals surface area (Å²) in [5.41, 5.74) is 0.318. The number of rotatable bonds is 3. The predicted molar refractivity (Wildman–Crippen MR) is 108 cm³/mol. The number of aromatic nitrogens is 3. The Morgan fingerprint density at radius 1 is 1.07 bits per heavy atom. The number of anilines is 1. The first kappa shape index (κ1) is 19.6. The molecule has 1 N–H and O–H groups in total. The van der Waals surface area contributed by atoms with Gasteiger partial charge in [-0.25, -0.2) is 8.78 Å². The van der Waals surface area contributed by atoms with Crippen LogP contribution in [0.25, 0.3) is 0 Å². The molecule has 2 aliphatic rings. The van der Waals surface area contributed by atoms with Gasteiger partial charge in [0.15, 0.2) is 11.8 Å². The summed E-state index contributed by atoms with van der Waals surface area (Å²) in [5, 5.41) is 12.1. The summed E-state index contributed by atoms with van der Waals surface area (Å²) in [6.45, 7) is 4.08. The Morgan fingerprint density at radius 2 is 1.90 bits per heavy atom. The van der Waals surface area contributed by atoms with Crippen LogP contribution in [0.3, 0.4) is 0 Å². The van der Waals surface area contributed by atoms with Gasteiger partial charge in [0, 0.05) is 52.3 Å². The van der Waals surface area contributed by atoms with Gasteiger partial charge in [-0.2, -0.15) is 0 Å². The van der Waals surface area contributed by atoms with E-state index in [1.807, 2.05) is 4.90 Å². The monoisotopic (exact) mass is 403 g/mol. The fraction of sp³-hybridized carbons (Fsp3) is 0.550. The molecule has 2 aliphatic heterocycles. The van der Waals surface area contributed by atoms with E-state index in [2.05, 4.69) is 30.0 Å². The fourth-order valence-corrected chi connectivity index (χ4v) is 4.05. The van der Waals surface area contributed by atoms with Crippen molar-refractivity contribution in [3.8, 4) is 0 Å². The zero-order chi connectivity index (χ0) is 20.2. The lowest BCUT2D eigenvalue weighted by Crippen LogP contribution is -2.52. The van der Waals surface area contributed by atoms with E-state index in [0.717, 1.165) is 43.1 Å². The topological polar surface area (TPSA) is 61.6 Å². The summed E-state index contributed by atoms with van der Waals surface area (Å²) < 4.78 is 29.8. The Kier molecular flexibility index (Phi) is 5.92. The highest BCUT2D eigenvalue weighted by Crippen LogP contribution is 2.22. The van der Waals surface area contributed by atoms with E-state index in [0.29, 0.717) is 38.4 Å². The molecule has 0 amide bonds. The number of halogens is 2. The van der Waals surface area contributed by atoms with E-state index in [1.54, 1.807) is 7.05 Å². The van der Waals surface area contributed by atoms with Gasteiger partial charge in [0.25, 0.3) is 0 Å². The number of nitrogens with one attached hydrogen (secondary N) is 1. The van der Waals surface area contributed by atoms with Crippen LogP contribution in [-0.4, -0.2) is 58.9 Å². The molecule has 7 nitrogen and oxygen atoms in total. The molecule has 0 aliphatic carbocycles. The van der Waals surface area contributed by atoms with Gasteiger partial charge in [-0.05, 0) is 25.0 Å². The van der Waals surface area contributed by atoms with Crippen molar-refractivity contribution in [2.45, 2.75) is 38.8 Å². The largest absolute Gasteiger partial charge is 0.366 e. The maximum atomic E-state index is 14.0. The van der Waals surface area contributed by atoms with Crippen LogP contribution in [0.2, 0.25) is 0 Å². The van der Waals surface area contributed by atoms with Crippen LogP contribution < -0.4 is 10.2 Å². The predicted octanol–water partition coefficient (Wildman–Crippen LogP) is 2.18. The van der Waals surface area contributed by atoms with Crippen LogP contribution in [0.5, 0.6) is 0 Å². The lowest BCUT2D eigenvalue weighted by Gasteiger charge is -2.37. The highest BCUT2D eigenvalue weighted by atomic mass is 19.1. The van der Waals surface area contributed by atoms with Crippen molar-refractivity contribution in [2.24, 2.45) is 4.99 Å². The Bertz CT molecular complexity index is 872. The summed E-state index contributed by atoms with van der Waals surface area (Å²) in [5.74, 6) is 1.97. The SMILES string of the molecule is CN=C(NCc1nnc2n1CCCCC2)N1CCN(c2cc(F)ccc2F)CC1. The van der Waals surface area contributed by atoms with Crippen molar-refractivity contribution in [3.63, 3.8) is 0 Å². The van der Waals surface area contributed by atoms with Crippen LogP contribution >= 0.6 is 0 Å². The van der Waals surface area contributed by atoms with Crippen LogP contribution in [-0.2, 0) is 19.5 Å². The molecule has 1 saturated heterocycles. The standard InChI is InChI=1S/C20H27F2N7/c1-23-20(24-14-19-26-25-18-5-3-2-4-8-29(18)19)28-11-9-27(10-12-28)17-13-15(21)6-7-16(17)22/h6-7,13H,2-5,8-12,14H2,1H3,(H,23,24). The molecule has 0 bridgehead atoms. The second-order valence-electron chi connectivity index (χ2n) is 7.47. The molecule has 1 aromatic heterocycles. The molecule has 29 heavy (non-hydrogen) atoms. The minimum Gasteiger partial charge on any atom is -0.366 e. The van der Waals surface area contributed by atoms with Gasteiger partial charge in [-0.3, -0.25) is 4.99 Å². The van der Waals surface area contributed by atoms with Crippen molar-refractivity contribution in [1.82, 2.24) is 25.0 Å². The molecule has 0 atom stereocenters. The molecule has 156 valence electrons. The summed E-state index contributed by atoms with van der Waals surface area (Å²) in [7, 11) is 1.76. The number of aliphatic imine (C=N–C) groups is 1. The average Bonchev–Trinajstić information content (AvgIpc) is 2.97. The van der Waals surface area contributed by atoms with Crippen LogP contribution in [0.15, 0.2) is 23.2 Å². The van der Waals surface area contributed by atoms with E-state index in [-0.39, 0.29) is 0 Å². The third-order valence-electron chi connectivity index (χ3n) is 5.63. The van der Waals surface area contributed by atoms with Crippen LogP contribution in [0.1, 0.15) is 30.9 Å². The number of guanidine groups is 1. The van der Waals surface area contributed by atoms with E-state index >= 15 is 0 Å². The van der Waals surface area contributed by atoms with E-state index in [9.17, 15) is 8.78 Å². The van der Waals surface area contributed by atoms with Crippen molar-refractivity contribution in [2.75, 3.05) is 38.1 Å². The van der Waals surface area contributed by atoms with Gasteiger partial charge < -0.3 is 19.7 Å². The van der Waals surface area contributed by atoms with Crippen LogP contribution in [0.4, 0.5) is 14.5 Å². The summed E-state index contributed by atoms with van der Waals surface area (Å²) in [6.07, 6.45) is 4.54. The molecular weight excluding hydrogens is 376 g/mol.